The summed E-state index contributed by atoms with van der Waals surface area (Å²) in [6, 6.07) is 7.76. The molecule has 1 amide bonds. The molecule has 8 heteroatoms. The summed E-state index contributed by atoms with van der Waals surface area (Å²) in [6.07, 6.45) is -4.47. The zero-order valence-electron chi connectivity index (χ0n) is 11.4. The first-order valence-electron chi connectivity index (χ1n) is 6.42. The van der Waals surface area contributed by atoms with Crippen molar-refractivity contribution in [2.45, 2.75) is 6.18 Å². The number of alkyl halides is 3. The molecule has 2 aromatic rings. The molecule has 4 nitrogen and oxygen atoms in total. The third-order valence-corrected chi connectivity index (χ3v) is 4.12. The number of nitrogens with one attached hydrogen (secondary N) is 1. The van der Waals surface area contributed by atoms with E-state index in [0.717, 1.165) is 12.1 Å². The Kier molecular flexibility index (Phi) is 4.09. The van der Waals surface area contributed by atoms with Crippen molar-refractivity contribution < 1.29 is 27.4 Å². The van der Waals surface area contributed by atoms with Gasteiger partial charge in [0.25, 0.3) is 5.91 Å². The standard InChI is InChI=1S/C15H9F3INO3/c16-15(17,18)9-2-3-10(19)11(6-9)20-14(21)8-1-4-12-13(5-8)23-7-22-12/h1-6H,7H2,(H,20,21). The molecule has 3 rings (SSSR count). The van der Waals surface area contributed by atoms with Crippen molar-refractivity contribution in [2.75, 3.05) is 12.1 Å². The molecule has 0 aromatic heterocycles. The summed E-state index contributed by atoms with van der Waals surface area (Å²) in [5.74, 6) is 0.423. The Hall–Kier alpha value is -1.97. The molecule has 0 radical (unpaired) electrons. The van der Waals surface area contributed by atoms with E-state index in [1.54, 1.807) is 6.07 Å². The summed E-state index contributed by atoms with van der Waals surface area (Å²) in [7, 11) is 0. The summed E-state index contributed by atoms with van der Waals surface area (Å²) < 4.78 is 49.1. The molecular weight excluding hydrogens is 426 g/mol. The lowest BCUT2D eigenvalue weighted by molar-refractivity contribution is -0.137. The van der Waals surface area contributed by atoms with Gasteiger partial charge >= 0.3 is 6.18 Å². The second-order valence-corrected chi connectivity index (χ2v) is 5.88. The van der Waals surface area contributed by atoms with Gasteiger partial charge in [-0.25, -0.2) is 0 Å². The first kappa shape index (κ1) is 15.9. The molecule has 1 aliphatic heterocycles. The van der Waals surface area contributed by atoms with Crippen LogP contribution in [0.5, 0.6) is 11.5 Å². The fraction of sp³-hybridized carbons (Fsp3) is 0.133. The van der Waals surface area contributed by atoms with Crippen LogP contribution >= 0.6 is 22.6 Å². The molecule has 0 spiro atoms. The number of carbonyl (C=O) groups excluding carboxylic acids is 1. The van der Waals surface area contributed by atoms with Gasteiger partial charge in [-0.2, -0.15) is 13.2 Å². The van der Waals surface area contributed by atoms with Gasteiger partial charge in [0.2, 0.25) is 6.79 Å². The van der Waals surface area contributed by atoms with E-state index in [9.17, 15) is 18.0 Å². The quantitative estimate of drug-likeness (QED) is 0.717. The molecule has 1 heterocycles. The van der Waals surface area contributed by atoms with Crippen molar-refractivity contribution in [2.24, 2.45) is 0 Å². The van der Waals surface area contributed by atoms with Gasteiger partial charge in [-0.1, -0.05) is 0 Å². The lowest BCUT2D eigenvalue weighted by Gasteiger charge is -2.12. The van der Waals surface area contributed by atoms with Gasteiger partial charge < -0.3 is 14.8 Å². The molecule has 0 saturated heterocycles. The van der Waals surface area contributed by atoms with E-state index in [4.69, 9.17) is 9.47 Å². The van der Waals surface area contributed by atoms with Crippen LogP contribution in [-0.4, -0.2) is 12.7 Å². The predicted molar refractivity (Wildman–Crippen MR) is 84.7 cm³/mol. The number of hydrogen-bond donors (Lipinski definition) is 1. The van der Waals surface area contributed by atoms with Gasteiger partial charge in [-0.05, 0) is 59.0 Å². The Labute approximate surface area is 142 Å². The average Bonchev–Trinajstić information content (AvgIpc) is 2.95. The van der Waals surface area contributed by atoms with Crippen LogP contribution < -0.4 is 14.8 Å². The summed E-state index contributed by atoms with van der Waals surface area (Å²) in [5.41, 5.74) is -0.454. The molecule has 0 unspecified atom stereocenters. The van der Waals surface area contributed by atoms with E-state index >= 15 is 0 Å². The van der Waals surface area contributed by atoms with Gasteiger partial charge in [0, 0.05) is 9.13 Å². The highest BCUT2D eigenvalue weighted by molar-refractivity contribution is 14.1. The normalized spacial score (nSPS) is 13.0. The smallest absolute Gasteiger partial charge is 0.416 e. The number of amides is 1. The van der Waals surface area contributed by atoms with Gasteiger partial charge in [0.15, 0.2) is 11.5 Å². The molecule has 2 aromatic carbocycles. The first-order chi connectivity index (χ1) is 10.8. The number of anilines is 1. The number of carbonyl (C=O) groups is 1. The molecule has 0 bridgehead atoms. The lowest BCUT2D eigenvalue weighted by Crippen LogP contribution is -2.14. The van der Waals surface area contributed by atoms with Gasteiger partial charge in [-0.3, -0.25) is 4.79 Å². The van der Waals surface area contributed by atoms with Crippen molar-refractivity contribution >= 4 is 34.2 Å². The minimum absolute atomic E-state index is 0.0753. The predicted octanol–water partition coefficient (Wildman–Crippen LogP) is 4.29. The van der Waals surface area contributed by atoms with Crippen molar-refractivity contribution in [3.05, 3.63) is 51.1 Å². The zero-order valence-corrected chi connectivity index (χ0v) is 13.6. The summed E-state index contributed by atoms with van der Waals surface area (Å²) >= 11 is 1.86. The second-order valence-electron chi connectivity index (χ2n) is 4.71. The third-order valence-electron chi connectivity index (χ3n) is 3.18. The van der Waals surface area contributed by atoms with Gasteiger partial charge in [0.05, 0.1) is 11.3 Å². The molecule has 0 aliphatic carbocycles. The Morgan fingerprint density at radius 3 is 2.57 bits per heavy atom. The first-order valence-corrected chi connectivity index (χ1v) is 7.50. The van der Waals surface area contributed by atoms with E-state index in [1.807, 2.05) is 22.6 Å². The molecule has 1 aliphatic rings. The van der Waals surface area contributed by atoms with Crippen molar-refractivity contribution in [1.29, 1.82) is 0 Å². The minimum atomic E-state index is -4.47. The summed E-state index contributed by atoms with van der Waals surface area (Å²) in [5, 5.41) is 2.49. The van der Waals surface area contributed by atoms with Crippen LogP contribution in [0.3, 0.4) is 0 Å². The van der Waals surface area contributed by atoms with Crippen LogP contribution in [-0.2, 0) is 6.18 Å². The Bertz CT molecular complexity index is 777. The van der Waals surface area contributed by atoms with Crippen LogP contribution in [0.15, 0.2) is 36.4 Å². The van der Waals surface area contributed by atoms with E-state index < -0.39 is 17.6 Å². The number of rotatable bonds is 2. The lowest BCUT2D eigenvalue weighted by atomic mass is 10.1. The molecule has 0 saturated carbocycles. The van der Waals surface area contributed by atoms with Crippen molar-refractivity contribution in [3.63, 3.8) is 0 Å². The van der Waals surface area contributed by atoms with Crippen LogP contribution in [0.1, 0.15) is 15.9 Å². The number of hydrogen-bond acceptors (Lipinski definition) is 3. The Morgan fingerprint density at radius 1 is 1.09 bits per heavy atom. The SMILES string of the molecule is O=C(Nc1cc(C(F)(F)F)ccc1I)c1ccc2c(c1)OCO2. The highest BCUT2D eigenvalue weighted by Crippen LogP contribution is 2.34. The maximum Gasteiger partial charge on any atom is 0.416 e. The van der Waals surface area contributed by atoms with E-state index in [1.165, 1.54) is 18.2 Å². The topological polar surface area (TPSA) is 47.6 Å². The number of fused-ring (bicyclic) bond motifs is 1. The molecular formula is C15H9F3INO3. The average molecular weight is 435 g/mol. The number of halogens is 4. The maximum absolute atomic E-state index is 12.8. The third kappa shape index (κ3) is 3.36. The van der Waals surface area contributed by atoms with Crippen molar-refractivity contribution in [1.82, 2.24) is 0 Å². The fourth-order valence-corrected chi connectivity index (χ4v) is 2.50. The van der Waals surface area contributed by atoms with Gasteiger partial charge in [0.1, 0.15) is 0 Å². The molecule has 1 N–H and O–H groups in total. The highest BCUT2D eigenvalue weighted by atomic mass is 127. The molecule has 23 heavy (non-hydrogen) atoms. The van der Waals surface area contributed by atoms with Crippen LogP contribution in [0.4, 0.5) is 18.9 Å². The monoisotopic (exact) mass is 435 g/mol. The Morgan fingerprint density at radius 2 is 1.83 bits per heavy atom. The Balaban J connectivity index is 1.85. The molecule has 0 atom stereocenters. The van der Waals surface area contributed by atoms with E-state index in [0.29, 0.717) is 15.1 Å². The summed E-state index contributed by atoms with van der Waals surface area (Å²) in [6.45, 7) is 0.0753. The van der Waals surface area contributed by atoms with Crippen molar-refractivity contribution in [3.8, 4) is 11.5 Å². The van der Waals surface area contributed by atoms with Crippen LogP contribution in [0, 0.1) is 3.57 Å². The van der Waals surface area contributed by atoms with Gasteiger partial charge in [-0.15, -0.1) is 0 Å². The highest BCUT2D eigenvalue weighted by Gasteiger charge is 2.31. The largest absolute Gasteiger partial charge is 0.454 e. The molecule has 120 valence electrons. The second kappa shape index (κ2) is 5.91. The maximum atomic E-state index is 12.8. The molecule has 0 fully saturated rings. The zero-order chi connectivity index (χ0) is 16.6. The van der Waals surface area contributed by atoms with E-state index in [-0.39, 0.29) is 18.0 Å². The summed E-state index contributed by atoms with van der Waals surface area (Å²) in [4.78, 5) is 12.2. The number of benzene rings is 2. The van der Waals surface area contributed by atoms with Crippen LogP contribution in [0.25, 0.3) is 0 Å². The minimum Gasteiger partial charge on any atom is -0.454 e. The fourth-order valence-electron chi connectivity index (χ4n) is 2.03. The van der Waals surface area contributed by atoms with E-state index in [2.05, 4.69) is 5.32 Å². The number of ether oxygens (including phenoxy) is 2. The van der Waals surface area contributed by atoms with Crippen LogP contribution in [0.2, 0.25) is 0 Å².